The van der Waals surface area contributed by atoms with E-state index in [0.717, 1.165) is 44.9 Å². The summed E-state index contributed by atoms with van der Waals surface area (Å²) < 4.78 is 0. The Morgan fingerprint density at radius 2 is 1.84 bits per heavy atom. The Kier molecular flexibility index (Phi) is 12.1. The molecule has 1 aliphatic rings. The van der Waals surface area contributed by atoms with Gasteiger partial charge >= 0.3 is 0 Å². The van der Waals surface area contributed by atoms with Crippen LogP contribution in [0.15, 0.2) is 30.3 Å². The van der Waals surface area contributed by atoms with Gasteiger partial charge in [-0.3, -0.25) is 9.69 Å². The average Bonchev–Trinajstić information content (AvgIpc) is 2.60. The number of likely N-dealkylation sites (N-methyl/N-ethyl adjacent to an activating group) is 1. The molecular formula is C19H33Cl2N3O. The highest BCUT2D eigenvalue weighted by Crippen LogP contribution is 2.21. The van der Waals surface area contributed by atoms with Crippen LogP contribution < -0.4 is 5.32 Å². The number of likely N-dealkylation sites (tertiary alicyclic amines) is 1. The first-order chi connectivity index (χ1) is 11.1. The summed E-state index contributed by atoms with van der Waals surface area (Å²) in [7, 11) is 4.04. The SMILES string of the molecule is CNCCC1CCN(C(=O)C(C)N(C)Cc2ccccc2)CC1.Cl.Cl. The van der Waals surface area contributed by atoms with E-state index in [9.17, 15) is 4.79 Å². The highest BCUT2D eigenvalue weighted by atomic mass is 35.5. The smallest absolute Gasteiger partial charge is 0.239 e. The van der Waals surface area contributed by atoms with Gasteiger partial charge in [0, 0.05) is 19.6 Å². The van der Waals surface area contributed by atoms with Gasteiger partial charge in [-0.05, 0) is 58.3 Å². The van der Waals surface area contributed by atoms with Gasteiger partial charge in [0.15, 0.2) is 0 Å². The molecule has 1 fully saturated rings. The van der Waals surface area contributed by atoms with Crippen molar-refractivity contribution in [1.29, 1.82) is 0 Å². The minimum atomic E-state index is -0.0657. The van der Waals surface area contributed by atoms with E-state index in [2.05, 4.69) is 27.2 Å². The number of nitrogens with zero attached hydrogens (tertiary/aromatic N) is 2. The first-order valence-electron chi connectivity index (χ1n) is 8.79. The maximum absolute atomic E-state index is 12.7. The summed E-state index contributed by atoms with van der Waals surface area (Å²) in [5.74, 6) is 1.04. The van der Waals surface area contributed by atoms with Crippen molar-refractivity contribution in [2.45, 2.75) is 38.8 Å². The summed E-state index contributed by atoms with van der Waals surface area (Å²) in [6, 6.07) is 10.3. The van der Waals surface area contributed by atoms with Crippen LogP contribution in [0.25, 0.3) is 0 Å². The maximum atomic E-state index is 12.7. The van der Waals surface area contributed by atoms with E-state index < -0.39 is 0 Å². The molecule has 1 saturated heterocycles. The topological polar surface area (TPSA) is 35.6 Å². The third-order valence-corrected chi connectivity index (χ3v) is 5.02. The lowest BCUT2D eigenvalue weighted by molar-refractivity contribution is -0.137. The Morgan fingerprint density at radius 3 is 2.40 bits per heavy atom. The Balaban J connectivity index is 0.00000288. The zero-order chi connectivity index (χ0) is 16.7. The number of rotatable bonds is 7. The van der Waals surface area contributed by atoms with E-state index in [-0.39, 0.29) is 36.8 Å². The number of amides is 1. The zero-order valence-electron chi connectivity index (χ0n) is 15.6. The van der Waals surface area contributed by atoms with Crippen molar-refractivity contribution in [2.24, 2.45) is 5.92 Å². The molecule has 1 aromatic carbocycles. The van der Waals surface area contributed by atoms with Crippen LogP contribution in [0, 0.1) is 5.92 Å². The van der Waals surface area contributed by atoms with Crippen molar-refractivity contribution >= 4 is 30.7 Å². The highest BCUT2D eigenvalue weighted by Gasteiger charge is 2.27. The Labute approximate surface area is 165 Å². The molecule has 1 atom stereocenters. The van der Waals surface area contributed by atoms with E-state index in [1.165, 1.54) is 12.0 Å². The average molecular weight is 390 g/mol. The fourth-order valence-electron chi connectivity index (χ4n) is 3.25. The van der Waals surface area contributed by atoms with Gasteiger partial charge in [0.05, 0.1) is 6.04 Å². The van der Waals surface area contributed by atoms with Crippen LogP contribution in [0.2, 0.25) is 0 Å². The van der Waals surface area contributed by atoms with Gasteiger partial charge in [0.2, 0.25) is 5.91 Å². The molecule has 0 radical (unpaired) electrons. The van der Waals surface area contributed by atoms with Gasteiger partial charge in [-0.25, -0.2) is 0 Å². The summed E-state index contributed by atoms with van der Waals surface area (Å²) in [5.41, 5.74) is 1.25. The van der Waals surface area contributed by atoms with Crippen molar-refractivity contribution in [1.82, 2.24) is 15.1 Å². The monoisotopic (exact) mass is 389 g/mol. The summed E-state index contributed by atoms with van der Waals surface area (Å²) >= 11 is 0. The zero-order valence-corrected chi connectivity index (χ0v) is 17.2. The molecule has 1 aliphatic heterocycles. The quantitative estimate of drug-likeness (QED) is 0.777. The molecule has 1 heterocycles. The molecule has 144 valence electrons. The van der Waals surface area contributed by atoms with Crippen LogP contribution in [0.5, 0.6) is 0 Å². The molecule has 1 N–H and O–H groups in total. The first kappa shape index (κ1) is 24.2. The van der Waals surface area contributed by atoms with Crippen molar-refractivity contribution in [2.75, 3.05) is 33.7 Å². The molecule has 0 aliphatic carbocycles. The van der Waals surface area contributed by atoms with E-state index in [0.29, 0.717) is 0 Å². The van der Waals surface area contributed by atoms with Crippen molar-refractivity contribution < 1.29 is 4.79 Å². The fraction of sp³-hybridized carbons (Fsp3) is 0.632. The van der Waals surface area contributed by atoms with Crippen LogP contribution in [-0.2, 0) is 11.3 Å². The van der Waals surface area contributed by atoms with Crippen molar-refractivity contribution in [3.05, 3.63) is 35.9 Å². The second-order valence-corrected chi connectivity index (χ2v) is 6.74. The molecule has 0 spiro atoms. The predicted molar refractivity (Wildman–Crippen MR) is 110 cm³/mol. The van der Waals surface area contributed by atoms with Gasteiger partial charge in [0.1, 0.15) is 0 Å². The van der Waals surface area contributed by atoms with Crippen LogP contribution in [0.3, 0.4) is 0 Å². The number of hydrogen-bond donors (Lipinski definition) is 1. The molecule has 1 aromatic rings. The largest absolute Gasteiger partial charge is 0.341 e. The molecule has 0 saturated carbocycles. The second kappa shape index (κ2) is 12.5. The molecule has 6 heteroatoms. The molecule has 0 bridgehead atoms. The first-order valence-corrected chi connectivity index (χ1v) is 8.79. The van der Waals surface area contributed by atoms with Gasteiger partial charge in [-0.1, -0.05) is 30.3 Å². The van der Waals surface area contributed by atoms with Crippen LogP contribution >= 0.6 is 24.8 Å². The molecule has 4 nitrogen and oxygen atoms in total. The molecule has 1 amide bonds. The number of benzene rings is 1. The highest BCUT2D eigenvalue weighted by molar-refractivity contribution is 5.85. The fourth-order valence-corrected chi connectivity index (χ4v) is 3.25. The summed E-state index contributed by atoms with van der Waals surface area (Å²) in [5, 5.41) is 3.22. The third-order valence-electron chi connectivity index (χ3n) is 5.02. The van der Waals surface area contributed by atoms with Crippen molar-refractivity contribution in [3.8, 4) is 0 Å². The summed E-state index contributed by atoms with van der Waals surface area (Å²) in [4.78, 5) is 16.9. The molecule has 2 rings (SSSR count). The standard InChI is InChI=1S/C19H31N3O.2ClH/c1-16(21(3)15-18-7-5-4-6-8-18)19(23)22-13-10-17(11-14-22)9-12-20-2;;/h4-8,16-17,20H,9-15H2,1-3H3;2*1H. The molecule has 0 aromatic heterocycles. The summed E-state index contributed by atoms with van der Waals surface area (Å²) in [6.07, 6.45) is 3.51. The number of piperidine rings is 1. The number of nitrogens with one attached hydrogen (secondary N) is 1. The van der Waals surface area contributed by atoms with Gasteiger partial charge in [-0.15, -0.1) is 24.8 Å². The summed E-state index contributed by atoms with van der Waals surface area (Å²) in [6.45, 7) is 5.74. The van der Waals surface area contributed by atoms with Gasteiger partial charge in [-0.2, -0.15) is 0 Å². The van der Waals surface area contributed by atoms with Gasteiger partial charge < -0.3 is 10.2 Å². The van der Waals surface area contributed by atoms with Gasteiger partial charge in [0.25, 0.3) is 0 Å². The second-order valence-electron chi connectivity index (χ2n) is 6.74. The predicted octanol–water partition coefficient (Wildman–Crippen LogP) is 3.20. The lowest BCUT2D eigenvalue weighted by Gasteiger charge is -2.35. The number of halogens is 2. The molecular weight excluding hydrogens is 357 g/mol. The van der Waals surface area contributed by atoms with E-state index >= 15 is 0 Å². The van der Waals surface area contributed by atoms with Crippen LogP contribution in [0.1, 0.15) is 31.7 Å². The molecule has 25 heavy (non-hydrogen) atoms. The lowest BCUT2D eigenvalue weighted by Crippen LogP contribution is -2.48. The minimum absolute atomic E-state index is 0. The Bertz CT molecular complexity index is 479. The van der Waals surface area contributed by atoms with Crippen molar-refractivity contribution in [3.63, 3.8) is 0 Å². The number of carbonyl (C=O) groups excluding carboxylic acids is 1. The Hall–Kier alpha value is -0.810. The third kappa shape index (κ3) is 7.53. The van der Waals surface area contributed by atoms with E-state index in [1.807, 2.05) is 39.2 Å². The van der Waals surface area contributed by atoms with E-state index in [4.69, 9.17) is 0 Å². The minimum Gasteiger partial charge on any atom is -0.341 e. The molecule has 1 unspecified atom stereocenters. The van der Waals surface area contributed by atoms with E-state index in [1.54, 1.807) is 0 Å². The van der Waals surface area contributed by atoms with Crippen LogP contribution in [-0.4, -0.2) is 55.5 Å². The number of carbonyl (C=O) groups is 1. The lowest BCUT2D eigenvalue weighted by atomic mass is 9.93. The Morgan fingerprint density at radius 1 is 1.24 bits per heavy atom. The number of hydrogen-bond acceptors (Lipinski definition) is 3. The normalized spacial score (nSPS) is 16.1. The van der Waals surface area contributed by atoms with Crippen LogP contribution in [0.4, 0.5) is 0 Å². The maximum Gasteiger partial charge on any atom is 0.239 e.